The van der Waals surface area contributed by atoms with E-state index in [9.17, 15) is 22.8 Å². The number of ether oxygens (including phenoxy) is 1. The minimum absolute atomic E-state index is 0.000341. The van der Waals surface area contributed by atoms with Gasteiger partial charge in [-0.05, 0) is 68.5 Å². The molecule has 0 atom stereocenters. The third kappa shape index (κ3) is 5.00. The van der Waals surface area contributed by atoms with Gasteiger partial charge in [0, 0.05) is 5.56 Å². The first-order chi connectivity index (χ1) is 16.6. The van der Waals surface area contributed by atoms with E-state index in [1.807, 2.05) is 0 Å². The molecule has 2 aromatic carbocycles. The summed E-state index contributed by atoms with van der Waals surface area (Å²) >= 11 is 6.11. The summed E-state index contributed by atoms with van der Waals surface area (Å²) in [5, 5.41) is 5.28. The Morgan fingerprint density at radius 2 is 1.94 bits per heavy atom. The second-order valence-electron chi connectivity index (χ2n) is 7.53. The largest absolute Gasteiger partial charge is 0.462 e. The summed E-state index contributed by atoms with van der Waals surface area (Å²) in [5.41, 5.74) is 0.367. The number of carbonyl (C=O) groups is 2. The first kappa shape index (κ1) is 24.3. The SMILES string of the molecule is CCOC(=O)c1cc(-c2ccc(/C=C3/C(=O)N(c4cccc(C(F)(F)F)c4)N=C3C)o2)ccc1Cl. The number of hydrogen-bond acceptors (Lipinski definition) is 5. The Bertz CT molecular complexity index is 1380. The van der Waals surface area contributed by atoms with Gasteiger partial charge in [-0.1, -0.05) is 17.7 Å². The van der Waals surface area contributed by atoms with E-state index in [0.717, 1.165) is 17.1 Å². The Morgan fingerprint density at radius 1 is 1.17 bits per heavy atom. The topological polar surface area (TPSA) is 72.1 Å². The van der Waals surface area contributed by atoms with Gasteiger partial charge in [-0.3, -0.25) is 4.79 Å². The van der Waals surface area contributed by atoms with Crippen molar-refractivity contribution in [1.29, 1.82) is 0 Å². The molecule has 180 valence electrons. The lowest BCUT2D eigenvalue weighted by atomic mass is 10.1. The number of amides is 1. The van der Waals surface area contributed by atoms with E-state index in [-0.39, 0.29) is 28.5 Å². The summed E-state index contributed by atoms with van der Waals surface area (Å²) in [4.78, 5) is 25.0. The molecule has 1 aromatic heterocycles. The molecule has 0 N–H and O–H groups in total. The van der Waals surface area contributed by atoms with Gasteiger partial charge in [0.1, 0.15) is 11.5 Å². The number of halogens is 4. The van der Waals surface area contributed by atoms with E-state index < -0.39 is 23.6 Å². The highest BCUT2D eigenvalue weighted by molar-refractivity contribution is 6.33. The number of esters is 1. The Hall–Kier alpha value is -3.85. The fraction of sp³-hybridized carbons (Fsp3) is 0.160. The van der Waals surface area contributed by atoms with Gasteiger partial charge in [0.15, 0.2) is 0 Å². The lowest BCUT2D eigenvalue weighted by Crippen LogP contribution is -2.21. The monoisotopic (exact) mass is 502 g/mol. The van der Waals surface area contributed by atoms with Crippen LogP contribution in [-0.4, -0.2) is 24.2 Å². The van der Waals surface area contributed by atoms with Gasteiger partial charge in [0.2, 0.25) is 0 Å². The maximum Gasteiger partial charge on any atom is 0.416 e. The molecule has 6 nitrogen and oxygen atoms in total. The van der Waals surface area contributed by atoms with Crippen molar-refractivity contribution in [3.63, 3.8) is 0 Å². The number of furan rings is 1. The van der Waals surface area contributed by atoms with Crippen molar-refractivity contribution in [3.05, 3.63) is 82.1 Å². The maximum atomic E-state index is 13.1. The van der Waals surface area contributed by atoms with Crippen LogP contribution in [-0.2, 0) is 15.7 Å². The molecule has 1 aliphatic rings. The standard InChI is InChI=1S/C25H18ClF3N2O4/c1-3-34-24(33)20-11-15(7-9-21(20)26)22-10-8-18(35-22)13-19-14(2)30-31(23(19)32)17-6-4-5-16(12-17)25(27,28)29/h4-13H,3H2,1-2H3/b19-13+. The van der Waals surface area contributed by atoms with E-state index in [2.05, 4.69) is 5.10 Å². The number of alkyl halides is 3. The van der Waals surface area contributed by atoms with Crippen LogP contribution in [0.1, 0.15) is 35.5 Å². The fourth-order valence-corrected chi connectivity index (χ4v) is 3.64. The average Bonchev–Trinajstić information content (AvgIpc) is 3.39. The number of benzene rings is 2. The van der Waals surface area contributed by atoms with E-state index in [1.165, 1.54) is 18.2 Å². The zero-order chi connectivity index (χ0) is 25.3. The second-order valence-corrected chi connectivity index (χ2v) is 7.93. The molecule has 0 aliphatic carbocycles. The summed E-state index contributed by atoms with van der Waals surface area (Å²) in [7, 11) is 0. The Balaban J connectivity index is 1.60. The predicted octanol–water partition coefficient (Wildman–Crippen LogP) is 6.60. The summed E-state index contributed by atoms with van der Waals surface area (Å²) in [6.45, 7) is 3.46. The van der Waals surface area contributed by atoms with Gasteiger partial charge in [-0.15, -0.1) is 0 Å². The van der Waals surface area contributed by atoms with Crippen LogP contribution < -0.4 is 5.01 Å². The summed E-state index contributed by atoms with van der Waals surface area (Å²) < 4.78 is 50.0. The van der Waals surface area contributed by atoms with Gasteiger partial charge in [-0.25, -0.2) is 4.79 Å². The molecule has 0 radical (unpaired) electrons. The van der Waals surface area contributed by atoms with E-state index in [0.29, 0.717) is 22.8 Å². The molecule has 10 heteroatoms. The zero-order valence-corrected chi connectivity index (χ0v) is 19.3. The van der Waals surface area contributed by atoms with E-state index >= 15 is 0 Å². The van der Waals surface area contributed by atoms with Crippen LogP contribution >= 0.6 is 11.6 Å². The number of nitrogens with zero attached hydrogens (tertiary/aromatic N) is 2. The zero-order valence-electron chi connectivity index (χ0n) is 18.5. The Morgan fingerprint density at radius 3 is 2.66 bits per heavy atom. The van der Waals surface area contributed by atoms with Crippen LogP contribution in [0.15, 0.2) is 69.7 Å². The first-order valence-corrected chi connectivity index (χ1v) is 10.8. The molecule has 0 unspecified atom stereocenters. The average molecular weight is 503 g/mol. The highest BCUT2D eigenvalue weighted by Crippen LogP contribution is 2.34. The van der Waals surface area contributed by atoms with Crippen LogP contribution in [0.4, 0.5) is 18.9 Å². The molecule has 3 aromatic rings. The Kier molecular flexibility index (Phi) is 6.53. The van der Waals surface area contributed by atoms with Crippen LogP contribution in [0.5, 0.6) is 0 Å². The smallest absolute Gasteiger partial charge is 0.416 e. The van der Waals surface area contributed by atoms with Gasteiger partial charge >= 0.3 is 12.1 Å². The Labute approximate surface area is 203 Å². The molecular formula is C25H18ClF3N2O4. The molecule has 35 heavy (non-hydrogen) atoms. The normalized spacial score (nSPS) is 15.0. The van der Waals surface area contributed by atoms with Crippen molar-refractivity contribution < 1.29 is 31.9 Å². The quantitative estimate of drug-likeness (QED) is 0.291. The third-order valence-corrected chi connectivity index (χ3v) is 5.47. The van der Waals surface area contributed by atoms with E-state index in [1.54, 1.807) is 44.2 Å². The molecule has 0 saturated heterocycles. The first-order valence-electron chi connectivity index (χ1n) is 10.4. The molecular weight excluding hydrogens is 485 g/mol. The van der Waals surface area contributed by atoms with Crippen molar-refractivity contribution >= 4 is 41.0 Å². The molecule has 0 spiro atoms. The third-order valence-electron chi connectivity index (χ3n) is 5.14. The van der Waals surface area contributed by atoms with Crippen molar-refractivity contribution in [3.8, 4) is 11.3 Å². The van der Waals surface area contributed by atoms with Crippen molar-refractivity contribution in [2.45, 2.75) is 20.0 Å². The molecule has 1 aliphatic heterocycles. The highest BCUT2D eigenvalue weighted by Gasteiger charge is 2.33. The van der Waals surface area contributed by atoms with Crippen LogP contribution in [0.3, 0.4) is 0 Å². The van der Waals surface area contributed by atoms with Gasteiger partial charge in [0.05, 0.1) is 39.7 Å². The highest BCUT2D eigenvalue weighted by atomic mass is 35.5. The van der Waals surface area contributed by atoms with Gasteiger partial charge < -0.3 is 9.15 Å². The number of carbonyl (C=O) groups excluding carboxylic acids is 2. The molecule has 4 rings (SSSR count). The van der Waals surface area contributed by atoms with Crippen molar-refractivity contribution in [2.24, 2.45) is 5.10 Å². The number of rotatable bonds is 5. The molecule has 2 heterocycles. The molecule has 0 saturated carbocycles. The lowest BCUT2D eigenvalue weighted by molar-refractivity contribution is -0.137. The summed E-state index contributed by atoms with van der Waals surface area (Å²) in [6.07, 6.45) is -3.09. The number of anilines is 1. The summed E-state index contributed by atoms with van der Waals surface area (Å²) in [5.74, 6) is -0.424. The van der Waals surface area contributed by atoms with Gasteiger partial charge in [-0.2, -0.15) is 23.3 Å². The van der Waals surface area contributed by atoms with Crippen molar-refractivity contribution in [1.82, 2.24) is 0 Å². The fourth-order valence-electron chi connectivity index (χ4n) is 3.44. The minimum atomic E-state index is -4.55. The molecule has 1 amide bonds. The van der Waals surface area contributed by atoms with Crippen LogP contribution in [0.2, 0.25) is 5.02 Å². The second kappa shape index (κ2) is 9.42. The summed E-state index contributed by atoms with van der Waals surface area (Å²) in [6, 6.07) is 12.4. The predicted molar refractivity (Wildman–Crippen MR) is 125 cm³/mol. The number of hydrazone groups is 1. The minimum Gasteiger partial charge on any atom is -0.462 e. The van der Waals surface area contributed by atoms with E-state index in [4.69, 9.17) is 20.8 Å². The maximum absolute atomic E-state index is 13.1. The molecule has 0 fully saturated rings. The van der Waals surface area contributed by atoms with Crippen LogP contribution in [0.25, 0.3) is 17.4 Å². The molecule has 0 bridgehead atoms. The van der Waals surface area contributed by atoms with Gasteiger partial charge in [0.25, 0.3) is 5.91 Å². The van der Waals surface area contributed by atoms with Crippen molar-refractivity contribution in [2.75, 3.05) is 11.6 Å². The lowest BCUT2D eigenvalue weighted by Gasteiger charge is -2.14. The number of hydrogen-bond donors (Lipinski definition) is 0. The van der Waals surface area contributed by atoms with Crippen LogP contribution in [0, 0.1) is 0 Å².